The smallest absolute Gasteiger partial charge is 0.330 e. The van der Waals surface area contributed by atoms with Crippen LogP contribution in [-0.4, -0.2) is 31.8 Å². The lowest BCUT2D eigenvalue weighted by Crippen LogP contribution is -2.11. The number of ether oxygens (including phenoxy) is 3. The number of hydrogen-bond acceptors (Lipinski definition) is 7. The molecule has 27 heavy (non-hydrogen) atoms. The monoisotopic (exact) mass is 372 g/mol. The van der Waals surface area contributed by atoms with E-state index < -0.39 is 11.9 Å². The van der Waals surface area contributed by atoms with Crippen LogP contribution < -0.4 is 16.2 Å². The second-order valence-corrected chi connectivity index (χ2v) is 5.99. The van der Waals surface area contributed by atoms with Crippen molar-refractivity contribution < 1.29 is 23.8 Å². The molecule has 0 amide bonds. The molecule has 0 saturated heterocycles. The van der Waals surface area contributed by atoms with Crippen molar-refractivity contribution in [1.82, 2.24) is 0 Å². The Labute approximate surface area is 158 Å². The lowest BCUT2D eigenvalue weighted by Gasteiger charge is -2.12. The van der Waals surface area contributed by atoms with Gasteiger partial charge in [-0.1, -0.05) is 18.2 Å². The highest BCUT2D eigenvalue weighted by molar-refractivity contribution is 5.82. The first kappa shape index (κ1) is 20.3. The van der Waals surface area contributed by atoms with E-state index in [2.05, 4.69) is 0 Å². The Morgan fingerprint density at radius 3 is 2.59 bits per heavy atom. The Balaban J connectivity index is 1.65. The van der Waals surface area contributed by atoms with Gasteiger partial charge in [0.1, 0.15) is 5.75 Å². The number of nitrogen functional groups attached to an aromatic ring is 2. The average Bonchev–Trinajstić information content (AvgIpc) is 2.63. The zero-order chi connectivity index (χ0) is 19.6. The van der Waals surface area contributed by atoms with E-state index in [1.165, 1.54) is 18.2 Å². The van der Waals surface area contributed by atoms with Gasteiger partial charge in [0, 0.05) is 43.1 Å². The molecular formula is C20H24N2O5. The summed E-state index contributed by atoms with van der Waals surface area (Å²) in [4.78, 5) is 23.5. The quantitative estimate of drug-likeness (QED) is 0.237. The number of methoxy groups -OCH3 is 1. The summed E-state index contributed by atoms with van der Waals surface area (Å²) in [6.07, 6.45) is 10.2. The van der Waals surface area contributed by atoms with Gasteiger partial charge in [0.05, 0.1) is 12.7 Å². The highest BCUT2D eigenvalue weighted by Crippen LogP contribution is 2.20. The van der Waals surface area contributed by atoms with Gasteiger partial charge < -0.3 is 25.7 Å². The van der Waals surface area contributed by atoms with Crippen molar-refractivity contribution in [1.29, 1.82) is 0 Å². The molecule has 7 nitrogen and oxygen atoms in total. The molecule has 0 spiro atoms. The van der Waals surface area contributed by atoms with Crippen LogP contribution in [0.1, 0.15) is 19.3 Å². The van der Waals surface area contributed by atoms with Crippen molar-refractivity contribution in [2.24, 2.45) is 0 Å². The second-order valence-electron chi connectivity index (χ2n) is 5.99. The minimum atomic E-state index is -0.463. The van der Waals surface area contributed by atoms with E-state index >= 15 is 0 Å². The fourth-order valence-corrected chi connectivity index (χ4v) is 2.40. The van der Waals surface area contributed by atoms with Crippen LogP contribution in [0.5, 0.6) is 5.75 Å². The largest absolute Gasteiger partial charge is 0.463 e. The summed E-state index contributed by atoms with van der Waals surface area (Å²) in [7, 11) is 1.65. The summed E-state index contributed by atoms with van der Waals surface area (Å²) in [5.74, 6) is -0.617. The van der Waals surface area contributed by atoms with Crippen LogP contribution >= 0.6 is 0 Å². The van der Waals surface area contributed by atoms with Crippen LogP contribution in [0.4, 0.5) is 11.4 Å². The number of benzene rings is 1. The first-order valence-electron chi connectivity index (χ1n) is 8.59. The van der Waals surface area contributed by atoms with Gasteiger partial charge in [-0.2, -0.15) is 0 Å². The van der Waals surface area contributed by atoms with Gasteiger partial charge in [0.2, 0.25) is 0 Å². The zero-order valence-corrected chi connectivity index (χ0v) is 15.2. The van der Waals surface area contributed by atoms with Crippen LogP contribution in [-0.2, 0) is 19.1 Å². The minimum absolute atomic E-state index is 0.0811. The lowest BCUT2D eigenvalue weighted by atomic mass is 10.0. The van der Waals surface area contributed by atoms with E-state index in [0.717, 1.165) is 12.0 Å². The average molecular weight is 372 g/mol. The minimum Gasteiger partial charge on any atom is -0.463 e. The van der Waals surface area contributed by atoms with Crippen molar-refractivity contribution in [3.8, 4) is 5.75 Å². The molecule has 1 aromatic carbocycles. The predicted molar refractivity (Wildman–Crippen MR) is 103 cm³/mol. The zero-order valence-electron chi connectivity index (χ0n) is 15.2. The third-order valence-corrected chi connectivity index (χ3v) is 3.76. The fraction of sp³-hybridized carbons (Fsp3) is 0.300. The molecule has 2 rings (SSSR count). The maximum Gasteiger partial charge on any atom is 0.330 e. The van der Waals surface area contributed by atoms with Gasteiger partial charge in [-0.3, -0.25) is 4.79 Å². The lowest BCUT2D eigenvalue weighted by molar-refractivity contribution is -0.140. The molecule has 0 saturated carbocycles. The van der Waals surface area contributed by atoms with Crippen LogP contribution in [0.25, 0.3) is 0 Å². The molecule has 0 fully saturated rings. The molecule has 0 radical (unpaired) electrons. The number of carbonyl (C=O) groups is 2. The van der Waals surface area contributed by atoms with Crippen molar-refractivity contribution in [3.05, 3.63) is 54.2 Å². The summed E-state index contributed by atoms with van der Waals surface area (Å²) < 4.78 is 15.4. The third-order valence-electron chi connectivity index (χ3n) is 3.76. The number of hydrogen-bond donors (Lipinski definition) is 2. The molecule has 7 heteroatoms. The number of allylic oxidation sites excluding steroid dienone is 3. The maximum atomic E-state index is 11.8. The number of rotatable bonds is 8. The summed E-state index contributed by atoms with van der Waals surface area (Å²) in [6.45, 7) is 0.123. The predicted octanol–water partition coefficient (Wildman–Crippen LogP) is 2.54. The number of carbonyl (C=O) groups excluding carboxylic acids is 2. The number of nitrogens with two attached hydrogens (primary N) is 2. The first-order valence-corrected chi connectivity index (χ1v) is 8.59. The van der Waals surface area contributed by atoms with Gasteiger partial charge in [-0.25, -0.2) is 4.79 Å². The van der Waals surface area contributed by atoms with E-state index in [1.54, 1.807) is 19.3 Å². The van der Waals surface area contributed by atoms with E-state index in [4.69, 9.17) is 25.7 Å². The van der Waals surface area contributed by atoms with Gasteiger partial charge in [-0.05, 0) is 30.6 Å². The van der Waals surface area contributed by atoms with E-state index in [1.807, 2.05) is 18.2 Å². The van der Waals surface area contributed by atoms with Gasteiger partial charge in [0.25, 0.3) is 0 Å². The Kier molecular flexibility index (Phi) is 7.63. The van der Waals surface area contributed by atoms with Gasteiger partial charge in [0.15, 0.2) is 0 Å². The molecule has 1 unspecified atom stereocenters. The summed E-state index contributed by atoms with van der Waals surface area (Å²) in [6, 6.07) is 4.60. The Bertz CT molecular complexity index is 747. The number of esters is 2. The molecule has 144 valence electrons. The molecule has 4 N–H and O–H groups in total. The van der Waals surface area contributed by atoms with Gasteiger partial charge >= 0.3 is 11.9 Å². The van der Waals surface area contributed by atoms with E-state index in [0.29, 0.717) is 23.5 Å². The maximum absolute atomic E-state index is 11.8. The van der Waals surface area contributed by atoms with Gasteiger partial charge in [-0.15, -0.1) is 0 Å². The molecule has 0 heterocycles. The van der Waals surface area contributed by atoms with E-state index in [9.17, 15) is 9.59 Å². The molecule has 0 bridgehead atoms. The van der Waals surface area contributed by atoms with Crippen molar-refractivity contribution >= 4 is 23.3 Å². The van der Waals surface area contributed by atoms with Crippen molar-refractivity contribution in [2.75, 3.05) is 25.2 Å². The third kappa shape index (κ3) is 7.37. The fourth-order valence-electron chi connectivity index (χ4n) is 2.40. The summed E-state index contributed by atoms with van der Waals surface area (Å²) in [5, 5.41) is 0. The Morgan fingerprint density at radius 1 is 1.22 bits per heavy atom. The molecular weight excluding hydrogens is 348 g/mol. The van der Waals surface area contributed by atoms with Crippen LogP contribution in [0.15, 0.2) is 54.2 Å². The van der Waals surface area contributed by atoms with Crippen molar-refractivity contribution in [3.63, 3.8) is 0 Å². The van der Waals surface area contributed by atoms with Crippen molar-refractivity contribution in [2.45, 2.75) is 25.4 Å². The Morgan fingerprint density at radius 2 is 1.96 bits per heavy atom. The van der Waals surface area contributed by atoms with Crippen LogP contribution in [0.2, 0.25) is 0 Å². The molecule has 1 aliphatic rings. The van der Waals surface area contributed by atoms with Crippen LogP contribution in [0, 0.1) is 0 Å². The highest BCUT2D eigenvalue weighted by Gasteiger charge is 2.08. The molecule has 1 atom stereocenters. The topological polar surface area (TPSA) is 114 Å². The summed E-state index contributed by atoms with van der Waals surface area (Å²) >= 11 is 0. The SMILES string of the molecule is COC1C=CC(/C=C/C(=O)OCCCC(=O)Oc2cc(N)cc(N)c2)=CC1. The van der Waals surface area contributed by atoms with Crippen LogP contribution in [0.3, 0.4) is 0 Å². The summed E-state index contributed by atoms with van der Waals surface area (Å²) in [5.41, 5.74) is 13.0. The molecule has 0 aromatic heterocycles. The molecule has 1 aromatic rings. The number of anilines is 2. The highest BCUT2D eigenvalue weighted by atomic mass is 16.5. The standard InChI is InChI=1S/C20H24N2O5/c1-25-17-7-4-14(5-8-17)6-9-19(23)26-10-2-3-20(24)27-18-12-15(21)11-16(22)13-18/h4-7,9,11-13,17H,2-3,8,10,21-22H2,1H3/b9-6+. The molecule has 1 aliphatic carbocycles. The first-order chi connectivity index (χ1) is 13.0. The second kappa shape index (κ2) is 10.2. The Hall–Kier alpha value is -3.06. The van der Waals surface area contributed by atoms with E-state index in [-0.39, 0.29) is 19.1 Å². The normalized spacial score (nSPS) is 16.2. The molecule has 0 aliphatic heterocycles.